The maximum absolute atomic E-state index is 13.6. The molecule has 0 aliphatic heterocycles. The number of benzene rings is 2. The van der Waals surface area contributed by atoms with E-state index in [-0.39, 0.29) is 23.4 Å². The number of carbonyl (C=O) groups excluding carboxylic acids is 1. The predicted molar refractivity (Wildman–Crippen MR) is 97.2 cm³/mol. The van der Waals surface area contributed by atoms with Crippen LogP contribution in [0.2, 0.25) is 0 Å². The molecule has 0 aliphatic carbocycles. The molecule has 0 heterocycles. The third-order valence-corrected chi connectivity index (χ3v) is 3.55. The summed E-state index contributed by atoms with van der Waals surface area (Å²) >= 11 is 0. The van der Waals surface area contributed by atoms with Gasteiger partial charge in [-0.3, -0.25) is 4.79 Å². The van der Waals surface area contributed by atoms with Crippen molar-refractivity contribution in [3.05, 3.63) is 53.6 Å². The molecular weight excluding hydrogens is 324 g/mol. The van der Waals surface area contributed by atoms with Gasteiger partial charge < -0.3 is 16.4 Å². The van der Waals surface area contributed by atoms with Gasteiger partial charge >= 0.3 is 0 Å². The first-order valence-electron chi connectivity index (χ1n) is 8.02. The van der Waals surface area contributed by atoms with Gasteiger partial charge in [-0.05, 0) is 35.7 Å². The van der Waals surface area contributed by atoms with E-state index in [9.17, 15) is 13.6 Å². The molecule has 0 saturated carbocycles. The molecule has 2 aromatic carbocycles. The summed E-state index contributed by atoms with van der Waals surface area (Å²) in [5.74, 6) is -1.33. The zero-order chi connectivity index (χ0) is 18.6. The molecule has 1 amide bonds. The van der Waals surface area contributed by atoms with Gasteiger partial charge in [0.2, 0.25) is 5.91 Å². The third kappa shape index (κ3) is 5.45. The van der Waals surface area contributed by atoms with Gasteiger partial charge in [0.25, 0.3) is 0 Å². The number of hydrogen-bond donors (Lipinski definition) is 3. The van der Waals surface area contributed by atoms with Gasteiger partial charge in [-0.15, -0.1) is 0 Å². The van der Waals surface area contributed by atoms with Crippen LogP contribution in [0.15, 0.2) is 36.4 Å². The second kappa shape index (κ2) is 7.51. The molecule has 0 fully saturated rings. The summed E-state index contributed by atoms with van der Waals surface area (Å²) in [5, 5.41) is 5.70. The number of rotatable bonds is 5. The lowest BCUT2D eigenvalue weighted by atomic mass is 9.92. The van der Waals surface area contributed by atoms with Crippen molar-refractivity contribution in [1.29, 1.82) is 0 Å². The van der Waals surface area contributed by atoms with Crippen LogP contribution in [0.3, 0.4) is 0 Å². The Hall–Kier alpha value is -2.63. The summed E-state index contributed by atoms with van der Waals surface area (Å²) in [6.07, 6.45) is 0.374. The molecule has 0 spiro atoms. The monoisotopic (exact) mass is 347 g/mol. The molecule has 4 nitrogen and oxygen atoms in total. The topological polar surface area (TPSA) is 67.2 Å². The minimum atomic E-state index is -0.605. The van der Waals surface area contributed by atoms with E-state index in [4.69, 9.17) is 5.73 Å². The standard InChI is InChI=1S/C19H23F2N3O/c1-19(2,3)10-18(25)24-17-8-7-12(9-16(17)22)23-11-13-14(20)5-4-6-15(13)21/h4-9,23H,10-11,22H2,1-3H3,(H,24,25). The van der Waals surface area contributed by atoms with E-state index in [2.05, 4.69) is 10.6 Å². The first kappa shape index (κ1) is 18.7. The summed E-state index contributed by atoms with van der Waals surface area (Å²) in [5.41, 5.74) is 7.29. The number of nitrogen functional groups attached to an aromatic ring is 1. The third-order valence-electron chi connectivity index (χ3n) is 3.55. The molecule has 2 aromatic rings. The molecular formula is C19H23F2N3O. The molecule has 0 atom stereocenters. The van der Waals surface area contributed by atoms with Gasteiger partial charge in [-0.25, -0.2) is 8.78 Å². The van der Waals surface area contributed by atoms with Gasteiger partial charge in [0.05, 0.1) is 11.4 Å². The van der Waals surface area contributed by atoms with E-state index >= 15 is 0 Å². The average molecular weight is 347 g/mol. The van der Waals surface area contributed by atoms with Crippen LogP contribution in [0.4, 0.5) is 25.8 Å². The highest BCUT2D eigenvalue weighted by Crippen LogP contribution is 2.25. The largest absolute Gasteiger partial charge is 0.397 e. The Morgan fingerprint density at radius 1 is 1.12 bits per heavy atom. The zero-order valence-corrected chi connectivity index (χ0v) is 14.6. The molecule has 25 heavy (non-hydrogen) atoms. The van der Waals surface area contributed by atoms with Crippen molar-refractivity contribution in [2.45, 2.75) is 33.7 Å². The first-order chi connectivity index (χ1) is 11.7. The molecule has 0 radical (unpaired) electrons. The van der Waals surface area contributed by atoms with E-state index in [0.717, 1.165) is 0 Å². The lowest BCUT2D eigenvalue weighted by Crippen LogP contribution is -2.20. The predicted octanol–water partition coefficient (Wildman–Crippen LogP) is 4.53. The average Bonchev–Trinajstić information content (AvgIpc) is 2.47. The van der Waals surface area contributed by atoms with Gasteiger partial charge in [0, 0.05) is 24.2 Å². The molecule has 0 unspecified atom stereocenters. The lowest BCUT2D eigenvalue weighted by molar-refractivity contribution is -0.117. The highest BCUT2D eigenvalue weighted by molar-refractivity contribution is 5.94. The molecule has 0 bridgehead atoms. The van der Waals surface area contributed by atoms with Crippen LogP contribution in [0.5, 0.6) is 0 Å². The van der Waals surface area contributed by atoms with Crippen LogP contribution in [0, 0.1) is 17.0 Å². The lowest BCUT2D eigenvalue weighted by Gasteiger charge is -2.18. The minimum absolute atomic E-state index is 0.00627. The highest BCUT2D eigenvalue weighted by atomic mass is 19.1. The zero-order valence-electron chi connectivity index (χ0n) is 14.6. The second-order valence-electron chi connectivity index (χ2n) is 7.14. The SMILES string of the molecule is CC(C)(C)CC(=O)Nc1ccc(NCc2c(F)cccc2F)cc1N. The number of halogens is 2. The Kier molecular flexibility index (Phi) is 5.62. The van der Waals surface area contributed by atoms with Gasteiger partial charge in [0.1, 0.15) is 11.6 Å². The smallest absolute Gasteiger partial charge is 0.224 e. The van der Waals surface area contributed by atoms with Gasteiger partial charge in [-0.2, -0.15) is 0 Å². The number of hydrogen-bond acceptors (Lipinski definition) is 3. The van der Waals surface area contributed by atoms with Crippen LogP contribution >= 0.6 is 0 Å². The number of carbonyl (C=O) groups is 1. The normalized spacial score (nSPS) is 11.2. The fourth-order valence-corrected chi connectivity index (χ4v) is 2.35. The molecule has 0 aliphatic rings. The Labute approximate surface area is 146 Å². The van der Waals surface area contributed by atoms with Crippen molar-refractivity contribution in [1.82, 2.24) is 0 Å². The quantitative estimate of drug-likeness (QED) is 0.696. The van der Waals surface area contributed by atoms with Crippen LogP contribution < -0.4 is 16.4 Å². The number of amides is 1. The molecule has 0 saturated heterocycles. The van der Waals surface area contributed by atoms with Crippen LogP contribution in [0.1, 0.15) is 32.8 Å². The minimum Gasteiger partial charge on any atom is -0.397 e. The summed E-state index contributed by atoms with van der Waals surface area (Å²) in [6.45, 7) is 5.92. The van der Waals surface area contributed by atoms with E-state index in [1.807, 2.05) is 20.8 Å². The Balaban J connectivity index is 2.03. The summed E-state index contributed by atoms with van der Waals surface area (Å²) in [7, 11) is 0. The van der Waals surface area contributed by atoms with E-state index in [1.54, 1.807) is 18.2 Å². The van der Waals surface area contributed by atoms with E-state index in [0.29, 0.717) is 23.5 Å². The summed E-state index contributed by atoms with van der Waals surface area (Å²) in [4.78, 5) is 12.0. The molecule has 134 valence electrons. The van der Waals surface area contributed by atoms with Crippen LogP contribution in [-0.2, 0) is 11.3 Å². The number of nitrogens with two attached hydrogens (primary N) is 1. The van der Waals surface area contributed by atoms with E-state index < -0.39 is 11.6 Å². The fourth-order valence-electron chi connectivity index (χ4n) is 2.35. The number of anilines is 3. The maximum Gasteiger partial charge on any atom is 0.224 e. The van der Waals surface area contributed by atoms with Crippen LogP contribution in [-0.4, -0.2) is 5.91 Å². The molecule has 0 aromatic heterocycles. The second-order valence-corrected chi connectivity index (χ2v) is 7.14. The Bertz CT molecular complexity index is 749. The molecule has 6 heteroatoms. The van der Waals surface area contributed by atoms with Crippen molar-refractivity contribution in [2.24, 2.45) is 5.41 Å². The van der Waals surface area contributed by atoms with Crippen molar-refractivity contribution in [3.8, 4) is 0 Å². The van der Waals surface area contributed by atoms with Gasteiger partial charge in [-0.1, -0.05) is 26.8 Å². The maximum atomic E-state index is 13.6. The first-order valence-corrected chi connectivity index (χ1v) is 8.02. The van der Waals surface area contributed by atoms with Crippen molar-refractivity contribution < 1.29 is 13.6 Å². The Morgan fingerprint density at radius 2 is 1.76 bits per heavy atom. The molecule has 2 rings (SSSR count). The van der Waals surface area contributed by atoms with E-state index in [1.165, 1.54) is 18.2 Å². The molecule has 4 N–H and O–H groups in total. The summed E-state index contributed by atoms with van der Waals surface area (Å²) < 4.78 is 27.2. The highest BCUT2D eigenvalue weighted by Gasteiger charge is 2.16. The van der Waals surface area contributed by atoms with Crippen LogP contribution in [0.25, 0.3) is 0 Å². The Morgan fingerprint density at radius 3 is 2.32 bits per heavy atom. The number of nitrogens with one attached hydrogen (secondary N) is 2. The van der Waals surface area contributed by atoms with Gasteiger partial charge in [0.15, 0.2) is 0 Å². The van der Waals surface area contributed by atoms with Crippen molar-refractivity contribution in [3.63, 3.8) is 0 Å². The van der Waals surface area contributed by atoms with Crippen molar-refractivity contribution in [2.75, 3.05) is 16.4 Å². The van der Waals surface area contributed by atoms with Crippen molar-refractivity contribution >= 4 is 23.0 Å². The fraction of sp³-hybridized carbons (Fsp3) is 0.316. The summed E-state index contributed by atoms with van der Waals surface area (Å²) in [6, 6.07) is 8.72.